The summed E-state index contributed by atoms with van der Waals surface area (Å²) in [5, 5.41) is 20.2. The molecule has 21 heavy (non-hydrogen) atoms. The van der Waals surface area contributed by atoms with Gasteiger partial charge in [-0.05, 0) is 43.5 Å². The van der Waals surface area contributed by atoms with E-state index in [-0.39, 0.29) is 11.7 Å². The van der Waals surface area contributed by atoms with Gasteiger partial charge in [0.2, 0.25) is 5.91 Å². The lowest BCUT2D eigenvalue weighted by Gasteiger charge is -2.01. The van der Waals surface area contributed by atoms with Crippen LogP contribution in [0.3, 0.4) is 0 Å². The second-order valence-electron chi connectivity index (χ2n) is 4.80. The van der Waals surface area contributed by atoms with Crippen LogP contribution < -0.4 is 5.43 Å². The first-order valence-corrected chi connectivity index (χ1v) is 6.67. The summed E-state index contributed by atoms with van der Waals surface area (Å²) in [4.78, 5) is 11.7. The number of hydrazone groups is 1. The van der Waals surface area contributed by atoms with Gasteiger partial charge in [-0.2, -0.15) is 10.2 Å². The Kier molecular flexibility index (Phi) is 4.71. The van der Waals surface area contributed by atoms with Crippen LogP contribution in [0.1, 0.15) is 28.9 Å². The highest BCUT2D eigenvalue weighted by atomic mass is 16.3. The average molecular weight is 286 g/mol. The van der Waals surface area contributed by atoms with E-state index in [0.717, 1.165) is 22.5 Å². The van der Waals surface area contributed by atoms with Crippen molar-refractivity contribution in [2.75, 3.05) is 0 Å². The van der Waals surface area contributed by atoms with Crippen LogP contribution in [-0.4, -0.2) is 27.4 Å². The largest absolute Gasteiger partial charge is 0.508 e. The number of benzene rings is 1. The van der Waals surface area contributed by atoms with Crippen LogP contribution in [0.5, 0.6) is 5.75 Å². The molecule has 1 aromatic carbocycles. The summed E-state index contributed by atoms with van der Waals surface area (Å²) >= 11 is 0. The number of rotatable bonds is 5. The predicted octanol–water partition coefficient (Wildman–Crippen LogP) is 1.82. The fourth-order valence-corrected chi connectivity index (χ4v) is 2.02. The Morgan fingerprint density at radius 3 is 2.95 bits per heavy atom. The first-order valence-electron chi connectivity index (χ1n) is 6.67. The Hall–Kier alpha value is -2.63. The van der Waals surface area contributed by atoms with Crippen molar-refractivity contribution in [3.63, 3.8) is 0 Å². The van der Waals surface area contributed by atoms with Crippen LogP contribution in [0.25, 0.3) is 0 Å². The van der Waals surface area contributed by atoms with Crippen LogP contribution in [0.2, 0.25) is 0 Å². The van der Waals surface area contributed by atoms with Crippen molar-refractivity contribution >= 4 is 12.1 Å². The van der Waals surface area contributed by atoms with Crippen molar-refractivity contribution in [3.05, 3.63) is 46.8 Å². The minimum Gasteiger partial charge on any atom is -0.508 e. The number of aromatic nitrogens is 2. The van der Waals surface area contributed by atoms with E-state index in [1.165, 1.54) is 6.21 Å². The number of hydrogen-bond acceptors (Lipinski definition) is 4. The highest BCUT2D eigenvalue weighted by Crippen LogP contribution is 2.11. The molecule has 0 saturated heterocycles. The van der Waals surface area contributed by atoms with Crippen molar-refractivity contribution in [2.45, 2.75) is 26.7 Å². The molecule has 0 spiro atoms. The van der Waals surface area contributed by atoms with Gasteiger partial charge in [0, 0.05) is 12.1 Å². The Bertz CT molecular complexity index is 642. The van der Waals surface area contributed by atoms with E-state index >= 15 is 0 Å². The molecule has 0 unspecified atom stereocenters. The molecule has 6 nitrogen and oxygen atoms in total. The van der Waals surface area contributed by atoms with Crippen LogP contribution in [-0.2, 0) is 11.2 Å². The monoisotopic (exact) mass is 286 g/mol. The summed E-state index contributed by atoms with van der Waals surface area (Å²) in [7, 11) is 0. The van der Waals surface area contributed by atoms with Gasteiger partial charge in [-0.1, -0.05) is 12.1 Å². The molecule has 0 aliphatic rings. The van der Waals surface area contributed by atoms with E-state index in [1.807, 2.05) is 13.8 Å². The molecular formula is C15H18N4O2. The van der Waals surface area contributed by atoms with E-state index in [2.05, 4.69) is 20.7 Å². The number of phenols is 1. The lowest BCUT2D eigenvalue weighted by atomic mass is 10.1. The fourth-order valence-electron chi connectivity index (χ4n) is 2.02. The zero-order valence-electron chi connectivity index (χ0n) is 12.1. The third-order valence-corrected chi connectivity index (χ3v) is 3.16. The summed E-state index contributed by atoms with van der Waals surface area (Å²) in [6.45, 7) is 3.85. The Morgan fingerprint density at radius 1 is 1.48 bits per heavy atom. The molecule has 1 heterocycles. The topological polar surface area (TPSA) is 90.4 Å². The number of carbonyl (C=O) groups is 1. The maximum absolute atomic E-state index is 11.7. The number of amides is 1. The molecule has 1 amide bonds. The lowest BCUT2D eigenvalue weighted by Crippen LogP contribution is -2.18. The zero-order valence-corrected chi connectivity index (χ0v) is 12.1. The molecule has 0 radical (unpaired) electrons. The lowest BCUT2D eigenvalue weighted by molar-refractivity contribution is -0.121. The molecule has 3 N–H and O–H groups in total. The molecule has 2 aromatic rings. The van der Waals surface area contributed by atoms with Crippen LogP contribution in [0, 0.1) is 13.8 Å². The summed E-state index contributed by atoms with van der Waals surface area (Å²) in [5.41, 5.74) is 6.17. The van der Waals surface area contributed by atoms with Gasteiger partial charge < -0.3 is 5.11 Å². The molecular weight excluding hydrogens is 268 g/mol. The molecule has 0 saturated carbocycles. The summed E-state index contributed by atoms with van der Waals surface area (Å²) in [6.07, 6.45) is 2.46. The fraction of sp³-hybridized carbons (Fsp3) is 0.267. The number of H-pyrrole nitrogens is 1. The smallest absolute Gasteiger partial charge is 0.240 e. The number of carbonyl (C=O) groups excluding carboxylic acids is 1. The minimum atomic E-state index is -0.161. The first kappa shape index (κ1) is 14.8. The van der Waals surface area contributed by atoms with Crippen molar-refractivity contribution in [3.8, 4) is 5.75 Å². The van der Waals surface area contributed by atoms with Crippen LogP contribution >= 0.6 is 0 Å². The van der Waals surface area contributed by atoms with Crippen molar-refractivity contribution in [2.24, 2.45) is 5.10 Å². The van der Waals surface area contributed by atoms with E-state index in [1.54, 1.807) is 24.3 Å². The van der Waals surface area contributed by atoms with Gasteiger partial charge in [0.25, 0.3) is 0 Å². The SMILES string of the molecule is Cc1n[nH]c(C)c1CCC(=O)NN=Cc1cccc(O)c1. The number of hydrogen-bond donors (Lipinski definition) is 3. The molecule has 0 fully saturated rings. The first-order chi connectivity index (χ1) is 10.1. The summed E-state index contributed by atoms with van der Waals surface area (Å²) < 4.78 is 0. The van der Waals surface area contributed by atoms with Gasteiger partial charge in [-0.25, -0.2) is 5.43 Å². The maximum atomic E-state index is 11.7. The molecule has 2 rings (SSSR count). The van der Waals surface area contributed by atoms with E-state index in [0.29, 0.717) is 12.8 Å². The average Bonchev–Trinajstić information content (AvgIpc) is 2.76. The van der Waals surface area contributed by atoms with Crippen LogP contribution in [0.15, 0.2) is 29.4 Å². The van der Waals surface area contributed by atoms with E-state index < -0.39 is 0 Å². The predicted molar refractivity (Wildman–Crippen MR) is 80.2 cm³/mol. The second kappa shape index (κ2) is 6.69. The number of phenolic OH excluding ortho intramolecular Hbond substituents is 1. The second-order valence-corrected chi connectivity index (χ2v) is 4.80. The van der Waals surface area contributed by atoms with Gasteiger partial charge in [-0.3, -0.25) is 9.89 Å². The molecule has 0 bridgehead atoms. The maximum Gasteiger partial charge on any atom is 0.240 e. The van der Waals surface area contributed by atoms with Crippen molar-refractivity contribution < 1.29 is 9.90 Å². The van der Waals surface area contributed by atoms with Gasteiger partial charge in [0.05, 0.1) is 11.9 Å². The number of nitrogens with zero attached hydrogens (tertiary/aromatic N) is 2. The Morgan fingerprint density at radius 2 is 2.29 bits per heavy atom. The van der Waals surface area contributed by atoms with E-state index in [9.17, 15) is 9.90 Å². The quantitative estimate of drug-likeness (QED) is 0.578. The molecule has 0 atom stereocenters. The summed E-state index contributed by atoms with van der Waals surface area (Å²) in [5.74, 6) is 0.00240. The van der Waals surface area contributed by atoms with E-state index in [4.69, 9.17) is 0 Å². The third kappa shape index (κ3) is 4.17. The Balaban J connectivity index is 1.83. The summed E-state index contributed by atoms with van der Waals surface area (Å²) in [6, 6.07) is 6.63. The third-order valence-electron chi connectivity index (χ3n) is 3.16. The zero-order chi connectivity index (χ0) is 15.2. The molecule has 110 valence electrons. The molecule has 1 aromatic heterocycles. The van der Waals surface area contributed by atoms with Crippen molar-refractivity contribution in [1.82, 2.24) is 15.6 Å². The van der Waals surface area contributed by atoms with Crippen molar-refractivity contribution in [1.29, 1.82) is 0 Å². The van der Waals surface area contributed by atoms with Gasteiger partial charge in [0.15, 0.2) is 0 Å². The van der Waals surface area contributed by atoms with Gasteiger partial charge in [0.1, 0.15) is 5.75 Å². The highest BCUT2D eigenvalue weighted by Gasteiger charge is 2.08. The molecule has 6 heteroatoms. The number of aryl methyl sites for hydroxylation is 2. The molecule has 0 aliphatic carbocycles. The van der Waals surface area contributed by atoms with Crippen LogP contribution in [0.4, 0.5) is 0 Å². The normalized spacial score (nSPS) is 11.0. The highest BCUT2D eigenvalue weighted by molar-refractivity contribution is 5.82. The standard InChI is InChI=1S/C15H18N4O2/c1-10-14(11(2)18-17-10)6-7-15(21)19-16-9-12-4-3-5-13(20)8-12/h3-5,8-9,20H,6-7H2,1-2H3,(H,17,18)(H,19,21). The van der Waals surface area contributed by atoms with Gasteiger partial charge >= 0.3 is 0 Å². The molecule has 0 aliphatic heterocycles. The number of aromatic hydroxyl groups is 1. The van der Waals surface area contributed by atoms with Gasteiger partial charge in [-0.15, -0.1) is 0 Å². The number of nitrogens with one attached hydrogen (secondary N) is 2. The Labute approximate surface area is 122 Å². The minimum absolute atomic E-state index is 0.161. The number of aromatic amines is 1.